The number of sulfonamides is 1. The fraction of sp³-hybridized carbons (Fsp3) is 0.278. The van der Waals surface area contributed by atoms with Gasteiger partial charge in [0.25, 0.3) is 10.0 Å². The van der Waals surface area contributed by atoms with Gasteiger partial charge in [0.1, 0.15) is 12.6 Å². The molecule has 0 saturated heterocycles. The van der Waals surface area contributed by atoms with Crippen LogP contribution in [-0.4, -0.2) is 44.3 Å². The van der Waals surface area contributed by atoms with Crippen molar-refractivity contribution in [1.29, 1.82) is 0 Å². The van der Waals surface area contributed by atoms with Crippen LogP contribution in [0.25, 0.3) is 0 Å². The van der Waals surface area contributed by atoms with E-state index < -0.39 is 28.5 Å². The minimum atomic E-state index is -4.13. The van der Waals surface area contributed by atoms with E-state index in [0.717, 1.165) is 38.5 Å². The van der Waals surface area contributed by atoms with Crippen molar-refractivity contribution in [3.05, 3.63) is 131 Å². The Hall–Kier alpha value is -4.43. The lowest BCUT2D eigenvalue weighted by atomic mass is 10.0. The van der Waals surface area contributed by atoms with Crippen molar-refractivity contribution in [2.75, 3.05) is 17.4 Å². The Bertz CT molecular complexity index is 1650. The summed E-state index contributed by atoms with van der Waals surface area (Å²) in [6, 6.07) is 30.1. The fourth-order valence-corrected chi connectivity index (χ4v) is 6.37. The summed E-state index contributed by atoms with van der Waals surface area (Å²) in [5.74, 6) is -0.755. The summed E-state index contributed by atoms with van der Waals surface area (Å²) in [7, 11) is -4.13. The molecule has 0 saturated carbocycles. The maximum absolute atomic E-state index is 14.5. The van der Waals surface area contributed by atoms with Gasteiger partial charge in [-0.15, -0.1) is 0 Å². The van der Waals surface area contributed by atoms with Gasteiger partial charge < -0.3 is 10.2 Å². The number of anilines is 1. The first-order valence-corrected chi connectivity index (χ1v) is 16.3. The second-order valence-electron chi connectivity index (χ2n) is 11.2. The molecule has 8 heteroatoms. The Kier molecular flexibility index (Phi) is 11.0. The molecule has 1 atom stereocenters. The summed E-state index contributed by atoms with van der Waals surface area (Å²) in [6.07, 6.45) is 1.02. The van der Waals surface area contributed by atoms with Crippen LogP contribution in [0.2, 0.25) is 0 Å². The summed E-state index contributed by atoms with van der Waals surface area (Å²) >= 11 is 0. The van der Waals surface area contributed by atoms with Gasteiger partial charge >= 0.3 is 0 Å². The third kappa shape index (κ3) is 8.35. The molecule has 230 valence electrons. The van der Waals surface area contributed by atoms with Crippen LogP contribution in [-0.2, 0) is 32.6 Å². The first kappa shape index (κ1) is 32.5. The number of aryl methyl sites for hydroxylation is 3. The average Bonchev–Trinajstić information content (AvgIpc) is 3.01. The number of rotatable bonds is 13. The zero-order chi connectivity index (χ0) is 31.7. The molecule has 0 aliphatic heterocycles. The molecule has 0 fully saturated rings. The van der Waals surface area contributed by atoms with E-state index in [4.69, 9.17) is 0 Å². The fourth-order valence-electron chi connectivity index (χ4n) is 4.96. The van der Waals surface area contributed by atoms with Crippen LogP contribution in [0.15, 0.2) is 108 Å². The van der Waals surface area contributed by atoms with Crippen molar-refractivity contribution in [2.24, 2.45) is 0 Å². The SMILES string of the molecule is CCCNC(=O)[C@@H](Cc1ccccc1)N(Cc1ccc(C)cc1)C(=O)CN(c1cccc(C)c1)S(=O)(=O)c1ccc(C)cc1. The Morgan fingerprint density at radius 2 is 1.39 bits per heavy atom. The highest BCUT2D eigenvalue weighted by Gasteiger charge is 2.34. The third-order valence-corrected chi connectivity index (χ3v) is 9.26. The topological polar surface area (TPSA) is 86.8 Å². The summed E-state index contributed by atoms with van der Waals surface area (Å²) in [5, 5.41) is 2.97. The summed E-state index contributed by atoms with van der Waals surface area (Å²) < 4.78 is 29.4. The number of carbonyl (C=O) groups excluding carboxylic acids is 2. The molecular weight excluding hydrogens is 570 g/mol. The first-order valence-electron chi connectivity index (χ1n) is 14.9. The first-order chi connectivity index (χ1) is 21.1. The third-order valence-electron chi connectivity index (χ3n) is 7.47. The molecule has 4 aromatic carbocycles. The van der Waals surface area contributed by atoms with Crippen LogP contribution in [0.3, 0.4) is 0 Å². The van der Waals surface area contributed by atoms with E-state index in [9.17, 15) is 18.0 Å². The predicted molar refractivity (Wildman–Crippen MR) is 176 cm³/mol. The minimum Gasteiger partial charge on any atom is -0.354 e. The number of hydrogen-bond acceptors (Lipinski definition) is 4. The van der Waals surface area contributed by atoms with Crippen LogP contribution < -0.4 is 9.62 Å². The molecule has 0 heterocycles. The van der Waals surface area contributed by atoms with E-state index in [2.05, 4.69) is 5.32 Å². The molecule has 4 rings (SSSR count). The van der Waals surface area contributed by atoms with Crippen molar-refractivity contribution in [3.8, 4) is 0 Å². The number of amides is 2. The average molecular weight is 612 g/mol. The van der Waals surface area contributed by atoms with E-state index in [1.54, 1.807) is 42.5 Å². The molecule has 2 amide bonds. The Labute approximate surface area is 261 Å². The van der Waals surface area contributed by atoms with E-state index in [1.807, 2.05) is 88.4 Å². The monoisotopic (exact) mass is 611 g/mol. The number of hydrogen-bond donors (Lipinski definition) is 1. The Balaban J connectivity index is 1.79. The van der Waals surface area contributed by atoms with Gasteiger partial charge in [0.2, 0.25) is 11.8 Å². The second kappa shape index (κ2) is 14.8. The van der Waals surface area contributed by atoms with Crippen molar-refractivity contribution >= 4 is 27.5 Å². The molecule has 4 aromatic rings. The smallest absolute Gasteiger partial charge is 0.264 e. The van der Waals surface area contributed by atoms with Crippen LogP contribution in [0.5, 0.6) is 0 Å². The van der Waals surface area contributed by atoms with Gasteiger partial charge in [-0.25, -0.2) is 8.42 Å². The highest BCUT2D eigenvalue weighted by atomic mass is 32.2. The lowest BCUT2D eigenvalue weighted by molar-refractivity contribution is -0.140. The standard InChI is InChI=1S/C36H41N3O4S/c1-5-22-37-36(41)34(24-30-11-7-6-8-12-30)38(25-31-18-14-27(2)15-19-31)35(40)26-39(32-13-9-10-29(4)23-32)44(42,43)33-20-16-28(3)17-21-33/h6-21,23,34H,5,22,24-26H2,1-4H3,(H,37,41)/t34-/m1/s1. The molecule has 0 unspecified atom stereocenters. The zero-order valence-electron chi connectivity index (χ0n) is 25.9. The number of carbonyl (C=O) groups is 2. The zero-order valence-corrected chi connectivity index (χ0v) is 26.7. The van der Waals surface area contributed by atoms with Gasteiger partial charge in [0.15, 0.2) is 0 Å². The van der Waals surface area contributed by atoms with Gasteiger partial charge in [-0.1, -0.05) is 96.9 Å². The summed E-state index contributed by atoms with van der Waals surface area (Å²) in [6.45, 7) is 7.85. The van der Waals surface area contributed by atoms with Crippen LogP contribution in [0, 0.1) is 20.8 Å². The summed E-state index contributed by atoms with van der Waals surface area (Å²) in [5.41, 5.74) is 4.97. The number of nitrogens with one attached hydrogen (secondary N) is 1. The largest absolute Gasteiger partial charge is 0.354 e. The van der Waals surface area contributed by atoms with Crippen LogP contribution in [0.4, 0.5) is 5.69 Å². The number of nitrogens with zero attached hydrogens (tertiary/aromatic N) is 2. The molecular formula is C36H41N3O4S. The minimum absolute atomic E-state index is 0.0871. The van der Waals surface area contributed by atoms with Crippen LogP contribution in [0.1, 0.15) is 41.2 Å². The van der Waals surface area contributed by atoms with E-state index >= 15 is 0 Å². The van der Waals surface area contributed by atoms with Crippen molar-refractivity contribution < 1.29 is 18.0 Å². The van der Waals surface area contributed by atoms with Gasteiger partial charge in [-0.3, -0.25) is 13.9 Å². The van der Waals surface area contributed by atoms with Gasteiger partial charge in [0.05, 0.1) is 10.6 Å². The maximum Gasteiger partial charge on any atom is 0.264 e. The normalized spacial score (nSPS) is 11.9. The lowest BCUT2D eigenvalue weighted by Crippen LogP contribution is -2.53. The number of benzene rings is 4. The van der Waals surface area contributed by atoms with Crippen molar-refractivity contribution in [2.45, 2.75) is 58.0 Å². The van der Waals surface area contributed by atoms with E-state index in [1.165, 1.54) is 4.90 Å². The summed E-state index contributed by atoms with van der Waals surface area (Å²) in [4.78, 5) is 29.8. The van der Waals surface area contributed by atoms with Gasteiger partial charge in [-0.05, 0) is 68.1 Å². The van der Waals surface area contributed by atoms with E-state index in [-0.39, 0.29) is 23.8 Å². The van der Waals surface area contributed by atoms with Gasteiger partial charge in [0, 0.05) is 19.5 Å². The molecule has 0 aliphatic rings. The predicted octanol–water partition coefficient (Wildman–Crippen LogP) is 5.97. The molecule has 0 aromatic heterocycles. The van der Waals surface area contributed by atoms with Gasteiger partial charge in [-0.2, -0.15) is 0 Å². The Morgan fingerprint density at radius 1 is 0.750 bits per heavy atom. The quantitative estimate of drug-likeness (QED) is 0.202. The van der Waals surface area contributed by atoms with Crippen molar-refractivity contribution in [1.82, 2.24) is 10.2 Å². The molecule has 0 bridgehead atoms. The molecule has 0 spiro atoms. The molecule has 44 heavy (non-hydrogen) atoms. The lowest BCUT2D eigenvalue weighted by Gasteiger charge is -2.34. The molecule has 1 N–H and O–H groups in total. The highest BCUT2D eigenvalue weighted by Crippen LogP contribution is 2.26. The van der Waals surface area contributed by atoms with E-state index in [0.29, 0.717) is 12.2 Å². The molecule has 0 radical (unpaired) electrons. The second-order valence-corrected chi connectivity index (χ2v) is 13.0. The molecule has 0 aliphatic carbocycles. The maximum atomic E-state index is 14.5. The Morgan fingerprint density at radius 3 is 2.00 bits per heavy atom. The van der Waals surface area contributed by atoms with Crippen LogP contribution >= 0.6 is 0 Å². The van der Waals surface area contributed by atoms with Crippen molar-refractivity contribution in [3.63, 3.8) is 0 Å². The molecule has 7 nitrogen and oxygen atoms in total. The highest BCUT2D eigenvalue weighted by molar-refractivity contribution is 7.92.